The molecule has 4 rings (SSSR count). The zero-order valence-corrected chi connectivity index (χ0v) is 16.9. The van der Waals surface area contributed by atoms with Gasteiger partial charge in [0.05, 0.1) is 15.6 Å². The van der Waals surface area contributed by atoms with E-state index in [0.717, 1.165) is 11.1 Å². The molecule has 30 heavy (non-hydrogen) atoms. The summed E-state index contributed by atoms with van der Waals surface area (Å²) in [7, 11) is 0. The van der Waals surface area contributed by atoms with Crippen molar-refractivity contribution in [3.63, 3.8) is 0 Å². The van der Waals surface area contributed by atoms with Gasteiger partial charge in [0.1, 0.15) is 5.52 Å². The molecule has 8 heteroatoms. The first kappa shape index (κ1) is 19.6. The lowest BCUT2D eigenvalue weighted by Crippen LogP contribution is -2.12. The number of fused-ring (bicyclic) bond motifs is 1. The molecule has 4 aromatic rings. The maximum absolute atomic E-state index is 12.5. The first-order valence-corrected chi connectivity index (χ1v) is 9.43. The van der Waals surface area contributed by atoms with E-state index in [1.807, 2.05) is 25.1 Å². The number of nitrogens with zero attached hydrogens (tertiary/aromatic N) is 2. The van der Waals surface area contributed by atoms with Crippen molar-refractivity contribution in [2.75, 3.05) is 5.32 Å². The zero-order valence-electron chi connectivity index (χ0n) is 16.1. The second kappa shape index (κ2) is 7.61. The van der Waals surface area contributed by atoms with Crippen LogP contribution < -0.4 is 5.32 Å². The van der Waals surface area contributed by atoms with E-state index in [2.05, 4.69) is 10.3 Å². The Balaban J connectivity index is 1.59. The molecule has 0 aliphatic carbocycles. The maximum atomic E-state index is 12.5. The number of rotatable bonds is 4. The van der Waals surface area contributed by atoms with E-state index in [-0.39, 0.29) is 11.3 Å². The fourth-order valence-corrected chi connectivity index (χ4v) is 3.28. The number of benzene rings is 3. The fraction of sp³-hybridized carbons (Fsp3) is 0.0909. The number of carbonyl (C=O) groups excluding carboxylic acids is 1. The number of halogens is 1. The quantitative estimate of drug-likeness (QED) is 0.325. The van der Waals surface area contributed by atoms with Crippen LogP contribution in [0.1, 0.15) is 21.5 Å². The summed E-state index contributed by atoms with van der Waals surface area (Å²) in [4.78, 5) is 27.6. The molecule has 0 spiro atoms. The lowest BCUT2D eigenvalue weighted by Gasteiger charge is -2.09. The average Bonchev–Trinajstić information content (AvgIpc) is 3.12. The van der Waals surface area contributed by atoms with Crippen LogP contribution in [0.15, 0.2) is 59.0 Å². The Bertz CT molecular complexity index is 1310. The topological polar surface area (TPSA) is 98.3 Å². The molecule has 1 heterocycles. The standard InChI is InChI=1S/C22H16ClN3O4/c1-12-3-8-20-18(9-12)25-22(30-20)15-6-7-17(16(23)10-15)24-21(27)14-5-4-13(2)19(11-14)26(28)29/h3-11H,1-2H3,(H,24,27). The largest absolute Gasteiger partial charge is 0.436 e. The summed E-state index contributed by atoms with van der Waals surface area (Å²) in [5.74, 6) is -0.0744. The van der Waals surface area contributed by atoms with Crippen LogP contribution in [0.2, 0.25) is 5.02 Å². The third-order valence-electron chi connectivity index (χ3n) is 4.68. The molecule has 0 unspecified atom stereocenters. The normalized spacial score (nSPS) is 10.9. The van der Waals surface area contributed by atoms with Crippen LogP contribution in [-0.2, 0) is 0 Å². The third kappa shape index (κ3) is 3.75. The third-order valence-corrected chi connectivity index (χ3v) is 4.99. The van der Waals surface area contributed by atoms with Gasteiger partial charge in [0.2, 0.25) is 5.89 Å². The van der Waals surface area contributed by atoms with E-state index < -0.39 is 10.8 Å². The summed E-state index contributed by atoms with van der Waals surface area (Å²) < 4.78 is 5.78. The molecule has 3 aromatic carbocycles. The van der Waals surface area contributed by atoms with Crippen molar-refractivity contribution < 1.29 is 14.1 Å². The number of amides is 1. The van der Waals surface area contributed by atoms with Crippen molar-refractivity contribution in [2.45, 2.75) is 13.8 Å². The highest BCUT2D eigenvalue weighted by Crippen LogP contribution is 2.31. The number of carbonyl (C=O) groups is 1. The van der Waals surface area contributed by atoms with Crippen LogP contribution in [0.5, 0.6) is 0 Å². The molecule has 7 nitrogen and oxygen atoms in total. The average molecular weight is 422 g/mol. The summed E-state index contributed by atoms with van der Waals surface area (Å²) in [6.07, 6.45) is 0. The Kier molecular flexibility index (Phi) is 4.97. The fourth-order valence-electron chi connectivity index (χ4n) is 3.05. The van der Waals surface area contributed by atoms with Gasteiger partial charge in [-0.3, -0.25) is 14.9 Å². The number of nitrogens with one attached hydrogen (secondary N) is 1. The van der Waals surface area contributed by atoms with E-state index >= 15 is 0 Å². The molecule has 1 N–H and O–H groups in total. The first-order chi connectivity index (χ1) is 14.3. The number of anilines is 1. The van der Waals surface area contributed by atoms with Gasteiger partial charge in [0.15, 0.2) is 5.58 Å². The summed E-state index contributed by atoms with van der Waals surface area (Å²) in [6.45, 7) is 3.59. The number of nitro benzene ring substituents is 1. The second-order valence-corrected chi connectivity index (χ2v) is 7.30. The highest BCUT2D eigenvalue weighted by atomic mass is 35.5. The van der Waals surface area contributed by atoms with Crippen LogP contribution in [-0.4, -0.2) is 15.8 Å². The molecular weight excluding hydrogens is 406 g/mol. The lowest BCUT2D eigenvalue weighted by molar-refractivity contribution is -0.385. The molecule has 150 valence electrons. The number of nitro groups is 1. The summed E-state index contributed by atoms with van der Waals surface area (Å²) >= 11 is 6.35. The van der Waals surface area contributed by atoms with Gasteiger partial charge >= 0.3 is 0 Å². The van der Waals surface area contributed by atoms with Crippen molar-refractivity contribution in [3.8, 4) is 11.5 Å². The summed E-state index contributed by atoms with van der Waals surface area (Å²) in [5.41, 5.74) is 4.07. The first-order valence-electron chi connectivity index (χ1n) is 9.05. The van der Waals surface area contributed by atoms with Crippen LogP contribution in [0, 0.1) is 24.0 Å². The number of aryl methyl sites for hydroxylation is 2. The van der Waals surface area contributed by atoms with E-state index in [1.54, 1.807) is 25.1 Å². The summed E-state index contributed by atoms with van der Waals surface area (Å²) in [6, 6.07) is 15.1. The predicted octanol–water partition coefficient (Wildman–Crippen LogP) is 5.93. The molecule has 0 aliphatic rings. The molecule has 0 saturated carbocycles. The van der Waals surface area contributed by atoms with Crippen LogP contribution in [0.4, 0.5) is 11.4 Å². The van der Waals surface area contributed by atoms with Crippen molar-refractivity contribution in [3.05, 3.63) is 86.4 Å². The number of hydrogen-bond donors (Lipinski definition) is 1. The minimum absolute atomic E-state index is 0.115. The minimum Gasteiger partial charge on any atom is -0.436 e. The van der Waals surface area contributed by atoms with Crippen molar-refractivity contribution in [1.82, 2.24) is 4.98 Å². The van der Waals surface area contributed by atoms with Crippen molar-refractivity contribution in [2.24, 2.45) is 0 Å². The predicted molar refractivity (Wildman–Crippen MR) is 115 cm³/mol. The highest BCUT2D eigenvalue weighted by Gasteiger charge is 2.17. The molecular formula is C22H16ClN3O4. The maximum Gasteiger partial charge on any atom is 0.273 e. The van der Waals surface area contributed by atoms with Gasteiger partial charge in [0, 0.05) is 22.8 Å². The minimum atomic E-state index is -0.518. The molecule has 0 saturated heterocycles. The van der Waals surface area contributed by atoms with Crippen LogP contribution >= 0.6 is 11.6 Å². The molecule has 1 aromatic heterocycles. The van der Waals surface area contributed by atoms with Crippen molar-refractivity contribution in [1.29, 1.82) is 0 Å². The Morgan fingerprint density at radius 2 is 1.90 bits per heavy atom. The lowest BCUT2D eigenvalue weighted by atomic mass is 10.1. The smallest absolute Gasteiger partial charge is 0.273 e. The van der Waals surface area contributed by atoms with Gasteiger partial charge < -0.3 is 9.73 Å². The zero-order chi connectivity index (χ0) is 21.4. The van der Waals surface area contributed by atoms with E-state index in [1.165, 1.54) is 18.2 Å². The van der Waals surface area contributed by atoms with Gasteiger partial charge in [-0.05, 0) is 55.8 Å². The van der Waals surface area contributed by atoms with Gasteiger partial charge in [-0.1, -0.05) is 23.7 Å². The number of hydrogen-bond acceptors (Lipinski definition) is 5. The number of aromatic nitrogens is 1. The molecule has 0 bridgehead atoms. The van der Waals surface area contributed by atoms with Gasteiger partial charge in [0.25, 0.3) is 11.6 Å². The van der Waals surface area contributed by atoms with E-state index in [0.29, 0.717) is 33.3 Å². The monoisotopic (exact) mass is 421 g/mol. The Morgan fingerprint density at radius 1 is 1.10 bits per heavy atom. The second-order valence-electron chi connectivity index (χ2n) is 6.90. The molecule has 0 aliphatic heterocycles. The Morgan fingerprint density at radius 3 is 2.63 bits per heavy atom. The van der Waals surface area contributed by atoms with E-state index in [9.17, 15) is 14.9 Å². The molecule has 0 radical (unpaired) electrons. The Hall–Kier alpha value is -3.71. The summed E-state index contributed by atoms with van der Waals surface area (Å²) in [5, 5.41) is 14.1. The highest BCUT2D eigenvalue weighted by molar-refractivity contribution is 6.34. The van der Waals surface area contributed by atoms with Crippen LogP contribution in [0.3, 0.4) is 0 Å². The molecule has 1 amide bonds. The van der Waals surface area contributed by atoms with Gasteiger partial charge in [-0.15, -0.1) is 0 Å². The van der Waals surface area contributed by atoms with Crippen LogP contribution in [0.25, 0.3) is 22.6 Å². The molecule has 0 fully saturated rings. The van der Waals surface area contributed by atoms with Gasteiger partial charge in [-0.25, -0.2) is 4.98 Å². The Labute approximate surface area is 176 Å². The molecule has 0 atom stereocenters. The van der Waals surface area contributed by atoms with E-state index in [4.69, 9.17) is 16.0 Å². The SMILES string of the molecule is Cc1ccc2oc(-c3ccc(NC(=O)c4ccc(C)c([N+](=O)[O-])c4)c(Cl)c3)nc2c1. The van der Waals surface area contributed by atoms with Gasteiger partial charge in [-0.2, -0.15) is 0 Å². The van der Waals surface area contributed by atoms with Crippen molar-refractivity contribution >= 4 is 40.0 Å². The number of oxazole rings is 1.